The third kappa shape index (κ3) is 10.9. The van der Waals surface area contributed by atoms with Gasteiger partial charge < -0.3 is 29.6 Å². The summed E-state index contributed by atoms with van der Waals surface area (Å²) in [6, 6.07) is 0. The standard InChI is InChI=1S/C27H42N2O8/c1-18(2)24(30)34-11-5-7-13-36-26(32)28-16-21-15-20-9-10-22(21)23(20)17-29-27(33)37-14-8-6-12-35-25(31)19(3)4/h20-23H,1,3,5-17H2,2,4H3,(H,28,32)(H,29,33)/t20?,21?,22-,23?/m1/s1. The van der Waals surface area contributed by atoms with Crippen molar-refractivity contribution in [3.05, 3.63) is 24.3 Å². The van der Waals surface area contributed by atoms with Crippen LogP contribution in [0.4, 0.5) is 9.59 Å². The highest BCUT2D eigenvalue weighted by Crippen LogP contribution is 2.52. The molecule has 4 atom stereocenters. The van der Waals surface area contributed by atoms with Crippen molar-refractivity contribution >= 4 is 24.1 Å². The van der Waals surface area contributed by atoms with Crippen LogP contribution in [0.15, 0.2) is 24.3 Å². The summed E-state index contributed by atoms with van der Waals surface area (Å²) < 4.78 is 20.4. The maximum atomic E-state index is 12.1. The van der Waals surface area contributed by atoms with E-state index in [1.165, 1.54) is 0 Å². The Kier molecular flexibility index (Phi) is 13.0. The monoisotopic (exact) mass is 522 g/mol. The summed E-state index contributed by atoms with van der Waals surface area (Å²) in [5.74, 6) is 0.933. The van der Waals surface area contributed by atoms with E-state index >= 15 is 0 Å². The lowest BCUT2D eigenvalue weighted by Crippen LogP contribution is -2.34. The number of hydrogen-bond acceptors (Lipinski definition) is 8. The second-order valence-electron chi connectivity index (χ2n) is 9.94. The summed E-state index contributed by atoms with van der Waals surface area (Å²) >= 11 is 0. The number of carbonyl (C=O) groups excluding carboxylic acids is 4. The highest BCUT2D eigenvalue weighted by Gasteiger charge is 2.47. The van der Waals surface area contributed by atoms with E-state index in [9.17, 15) is 19.2 Å². The van der Waals surface area contributed by atoms with Gasteiger partial charge in [-0.05, 0) is 82.5 Å². The van der Waals surface area contributed by atoms with E-state index in [1.807, 2.05) is 0 Å². The van der Waals surface area contributed by atoms with Gasteiger partial charge in [0, 0.05) is 24.2 Å². The van der Waals surface area contributed by atoms with Crippen molar-refractivity contribution in [2.45, 2.75) is 58.8 Å². The highest BCUT2D eigenvalue weighted by molar-refractivity contribution is 5.87. The Morgan fingerprint density at radius 2 is 1.16 bits per heavy atom. The number of esters is 2. The summed E-state index contributed by atoms with van der Waals surface area (Å²) in [7, 11) is 0. The summed E-state index contributed by atoms with van der Waals surface area (Å²) in [6.07, 6.45) is 4.85. The molecule has 37 heavy (non-hydrogen) atoms. The van der Waals surface area contributed by atoms with Crippen molar-refractivity contribution in [1.29, 1.82) is 0 Å². The van der Waals surface area contributed by atoms with Gasteiger partial charge in [0.2, 0.25) is 0 Å². The zero-order chi connectivity index (χ0) is 27.2. The normalized spacial score (nSPS) is 21.6. The van der Waals surface area contributed by atoms with Crippen LogP contribution in [0.2, 0.25) is 0 Å². The van der Waals surface area contributed by atoms with Crippen LogP contribution >= 0.6 is 0 Å². The molecule has 2 N–H and O–H groups in total. The van der Waals surface area contributed by atoms with Crippen LogP contribution < -0.4 is 10.6 Å². The Balaban J connectivity index is 1.53. The molecule has 0 radical (unpaired) electrons. The Morgan fingerprint density at radius 3 is 1.65 bits per heavy atom. The summed E-state index contributed by atoms with van der Waals surface area (Å²) in [4.78, 5) is 46.7. The number of nitrogens with one attached hydrogen (secondary N) is 2. The zero-order valence-corrected chi connectivity index (χ0v) is 22.2. The first-order valence-corrected chi connectivity index (χ1v) is 13.2. The predicted octanol–water partition coefficient (Wildman–Crippen LogP) is 3.90. The first-order chi connectivity index (χ1) is 17.7. The molecular formula is C27H42N2O8. The average Bonchev–Trinajstić information content (AvgIpc) is 3.41. The second-order valence-corrected chi connectivity index (χ2v) is 9.94. The lowest BCUT2D eigenvalue weighted by atomic mass is 9.88. The third-order valence-electron chi connectivity index (χ3n) is 6.93. The van der Waals surface area contributed by atoms with Crippen LogP contribution in [0, 0.1) is 23.7 Å². The fourth-order valence-electron chi connectivity index (χ4n) is 5.01. The largest absolute Gasteiger partial charge is 0.462 e. The van der Waals surface area contributed by atoms with Gasteiger partial charge in [-0.25, -0.2) is 19.2 Å². The number of amides is 2. The Bertz CT molecular complexity index is 827. The fourth-order valence-corrected chi connectivity index (χ4v) is 5.01. The lowest BCUT2D eigenvalue weighted by Gasteiger charge is -2.22. The number of unbranched alkanes of at least 4 members (excludes halogenated alkanes) is 2. The Labute approximate surface area is 219 Å². The lowest BCUT2D eigenvalue weighted by molar-refractivity contribution is -0.140. The van der Waals surface area contributed by atoms with Crippen LogP contribution in [0.3, 0.4) is 0 Å². The van der Waals surface area contributed by atoms with Crippen LogP contribution in [-0.4, -0.2) is 63.6 Å². The molecule has 10 nitrogen and oxygen atoms in total. The minimum Gasteiger partial charge on any atom is -0.462 e. The number of alkyl carbamates (subject to hydrolysis) is 2. The van der Waals surface area contributed by atoms with Crippen molar-refractivity contribution in [2.24, 2.45) is 23.7 Å². The minimum absolute atomic E-state index is 0.265. The van der Waals surface area contributed by atoms with Crippen molar-refractivity contribution in [1.82, 2.24) is 10.6 Å². The maximum absolute atomic E-state index is 12.1. The van der Waals surface area contributed by atoms with Crippen LogP contribution in [0.1, 0.15) is 58.8 Å². The zero-order valence-electron chi connectivity index (χ0n) is 22.2. The van der Waals surface area contributed by atoms with Crippen molar-refractivity contribution in [3.8, 4) is 0 Å². The highest BCUT2D eigenvalue weighted by atomic mass is 16.6. The smallest absolute Gasteiger partial charge is 0.407 e. The first kappa shape index (κ1) is 30.2. The van der Waals surface area contributed by atoms with E-state index in [2.05, 4.69) is 23.8 Å². The molecule has 10 heteroatoms. The number of rotatable bonds is 16. The summed E-state index contributed by atoms with van der Waals surface area (Å²) in [5.41, 5.74) is 0.726. The Morgan fingerprint density at radius 1 is 0.703 bits per heavy atom. The molecule has 2 fully saturated rings. The SMILES string of the molecule is C=C(C)C(=O)OCCCCOC(=O)NCC1CC2CC[C@H]1C2CNC(=O)OCCCCOC(=O)C(=C)C. The fraction of sp³-hybridized carbons (Fsp3) is 0.704. The van der Waals surface area contributed by atoms with E-state index in [4.69, 9.17) is 18.9 Å². The molecule has 2 aliphatic carbocycles. The molecule has 2 saturated carbocycles. The first-order valence-electron chi connectivity index (χ1n) is 13.2. The quantitative estimate of drug-likeness (QED) is 0.135. The van der Waals surface area contributed by atoms with E-state index < -0.39 is 24.1 Å². The maximum Gasteiger partial charge on any atom is 0.407 e. The minimum atomic E-state index is -0.436. The van der Waals surface area contributed by atoms with Gasteiger partial charge in [-0.1, -0.05) is 13.2 Å². The molecule has 0 aromatic heterocycles. The molecule has 208 valence electrons. The topological polar surface area (TPSA) is 129 Å². The van der Waals surface area contributed by atoms with Crippen LogP contribution in [-0.2, 0) is 28.5 Å². The molecule has 0 saturated heterocycles. The molecule has 2 amide bonds. The number of fused-ring (bicyclic) bond motifs is 2. The van der Waals surface area contributed by atoms with E-state index in [0.717, 1.165) is 19.3 Å². The van der Waals surface area contributed by atoms with Crippen molar-refractivity contribution in [2.75, 3.05) is 39.5 Å². The van der Waals surface area contributed by atoms with Crippen LogP contribution in [0.5, 0.6) is 0 Å². The van der Waals surface area contributed by atoms with E-state index in [1.54, 1.807) is 13.8 Å². The molecule has 0 spiro atoms. The molecule has 0 aliphatic heterocycles. The molecule has 0 aromatic rings. The number of ether oxygens (including phenoxy) is 4. The molecule has 3 unspecified atom stereocenters. The van der Waals surface area contributed by atoms with Crippen LogP contribution in [0.25, 0.3) is 0 Å². The van der Waals surface area contributed by atoms with Gasteiger partial charge in [-0.15, -0.1) is 0 Å². The third-order valence-corrected chi connectivity index (χ3v) is 6.93. The van der Waals surface area contributed by atoms with Gasteiger partial charge in [0.05, 0.1) is 26.4 Å². The van der Waals surface area contributed by atoms with Gasteiger partial charge in [-0.2, -0.15) is 0 Å². The molecule has 0 heterocycles. The Hall–Kier alpha value is -3.04. The molecule has 2 aliphatic rings. The van der Waals surface area contributed by atoms with Gasteiger partial charge in [0.15, 0.2) is 0 Å². The molecule has 2 bridgehead atoms. The van der Waals surface area contributed by atoms with Crippen molar-refractivity contribution in [3.63, 3.8) is 0 Å². The predicted molar refractivity (Wildman–Crippen MR) is 137 cm³/mol. The summed E-state index contributed by atoms with van der Waals surface area (Å²) in [5, 5.41) is 5.76. The number of hydrogen-bond donors (Lipinski definition) is 2. The molecule has 0 aromatic carbocycles. The second kappa shape index (κ2) is 15.9. The van der Waals surface area contributed by atoms with Gasteiger partial charge >= 0.3 is 24.1 Å². The molecule has 2 rings (SSSR count). The van der Waals surface area contributed by atoms with Crippen molar-refractivity contribution < 1.29 is 38.1 Å². The van der Waals surface area contributed by atoms with E-state index in [-0.39, 0.29) is 26.4 Å². The van der Waals surface area contributed by atoms with Gasteiger partial charge in [0.25, 0.3) is 0 Å². The molecular weight excluding hydrogens is 480 g/mol. The van der Waals surface area contributed by atoms with Gasteiger partial charge in [-0.3, -0.25) is 0 Å². The number of carbonyl (C=O) groups is 4. The van der Waals surface area contributed by atoms with Gasteiger partial charge in [0.1, 0.15) is 0 Å². The summed E-state index contributed by atoms with van der Waals surface area (Å²) in [6.45, 7) is 12.4. The van der Waals surface area contributed by atoms with E-state index in [0.29, 0.717) is 73.6 Å². The average molecular weight is 523 g/mol.